The lowest BCUT2D eigenvalue weighted by Gasteiger charge is -2.21. The molecule has 0 spiro atoms. The van der Waals surface area contributed by atoms with Gasteiger partial charge in [-0.2, -0.15) is 0 Å². The summed E-state index contributed by atoms with van der Waals surface area (Å²) in [5.74, 6) is 0. The van der Waals surface area contributed by atoms with Crippen LogP contribution in [0.4, 0.5) is 0 Å². The van der Waals surface area contributed by atoms with E-state index in [4.69, 9.17) is 4.98 Å². The van der Waals surface area contributed by atoms with Crippen molar-refractivity contribution in [3.63, 3.8) is 0 Å². The van der Waals surface area contributed by atoms with Crippen molar-refractivity contribution in [1.29, 1.82) is 0 Å². The Morgan fingerprint density at radius 2 is 2.26 bits per heavy atom. The van der Waals surface area contributed by atoms with E-state index in [1.54, 1.807) is 0 Å². The molecular weight excluding hydrogens is 320 g/mol. The Hall–Kier alpha value is -0.710. The highest BCUT2D eigenvalue weighted by Gasteiger charge is 2.20. The molecule has 100 valence electrons. The van der Waals surface area contributed by atoms with Crippen LogP contribution < -0.4 is 5.32 Å². The molecule has 1 aromatic heterocycles. The number of nitrogens with one attached hydrogen (secondary N) is 1. The molecule has 1 saturated heterocycles. The first-order valence-electron chi connectivity index (χ1n) is 6.70. The van der Waals surface area contributed by atoms with Crippen LogP contribution in [0.5, 0.6) is 0 Å². The van der Waals surface area contributed by atoms with E-state index in [1.807, 2.05) is 11.3 Å². The molecule has 0 aliphatic carbocycles. The van der Waals surface area contributed by atoms with Gasteiger partial charge in [0.1, 0.15) is 5.01 Å². The van der Waals surface area contributed by atoms with Crippen LogP contribution in [0, 0.1) is 6.92 Å². The highest BCUT2D eigenvalue weighted by molar-refractivity contribution is 9.10. The molecule has 1 fully saturated rings. The van der Waals surface area contributed by atoms with Gasteiger partial charge in [0.15, 0.2) is 0 Å². The zero-order valence-electron chi connectivity index (χ0n) is 10.9. The van der Waals surface area contributed by atoms with Crippen molar-refractivity contribution in [2.45, 2.75) is 32.2 Å². The maximum Gasteiger partial charge on any atom is 0.111 e. The number of hydrogen-bond donors (Lipinski definition) is 1. The third-order valence-corrected chi connectivity index (χ3v) is 5.10. The van der Waals surface area contributed by atoms with E-state index in [0.717, 1.165) is 16.7 Å². The van der Waals surface area contributed by atoms with Crippen molar-refractivity contribution in [1.82, 2.24) is 10.3 Å². The van der Waals surface area contributed by atoms with Gasteiger partial charge in [0, 0.05) is 14.9 Å². The van der Waals surface area contributed by atoms with Gasteiger partial charge in [-0.15, -0.1) is 11.3 Å². The summed E-state index contributed by atoms with van der Waals surface area (Å²) in [7, 11) is 0. The lowest BCUT2D eigenvalue weighted by atomic mass is 10.1. The maximum absolute atomic E-state index is 4.88. The molecule has 1 aliphatic rings. The molecule has 1 atom stereocenters. The first-order chi connectivity index (χ1) is 9.24. The van der Waals surface area contributed by atoms with Gasteiger partial charge in [0.05, 0.1) is 11.7 Å². The van der Waals surface area contributed by atoms with Crippen molar-refractivity contribution in [3.8, 4) is 11.3 Å². The number of thiazole rings is 1. The molecule has 1 aliphatic heterocycles. The van der Waals surface area contributed by atoms with Gasteiger partial charge < -0.3 is 5.32 Å². The van der Waals surface area contributed by atoms with Crippen molar-refractivity contribution in [2.24, 2.45) is 0 Å². The minimum Gasteiger partial charge on any atom is -0.308 e. The summed E-state index contributed by atoms with van der Waals surface area (Å²) in [4.78, 5) is 6.19. The fourth-order valence-corrected chi connectivity index (χ4v) is 3.99. The average Bonchev–Trinajstić information content (AvgIpc) is 2.82. The van der Waals surface area contributed by atoms with Crippen LogP contribution in [0.3, 0.4) is 0 Å². The number of aromatic nitrogens is 1. The molecule has 1 unspecified atom stereocenters. The van der Waals surface area contributed by atoms with E-state index in [0.29, 0.717) is 6.04 Å². The molecule has 3 rings (SSSR count). The lowest BCUT2D eigenvalue weighted by molar-refractivity contribution is 0.411. The van der Waals surface area contributed by atoms with Crippen molar-refractivity contribution in [3.05, 3.63) is 38.6 Å². The molecule has 1 N–H and O–H groups in total. The van der Waals surface area contributed by atoms with Gasteiger partial charge in [0.2, 0.25) is 0 Å². The molecule has 0 saturated carbocycles. The van der Waals surface area contributed by atoms with Crippen LogP contribution in [0.1, 0.15) is 35.2 Å². The minimum absolute atomic E-state index is 0.457. The Morgan fingerprint density at radius 3 is 3.00 bits per heavy atom. The average molecular weight is 337 g/mol. The van der Waals surface area contributed by atoms with E-state index >= 15 is 0 Å². The predicted molar refractivity (Wildman–Crippen MR) is 84.6 cm³/mol. The van der Waals surface area contributed by atoms with Crippen molar-refractivity contribution in [2.75, 3.05) is 6.54 Å². The summed E-state index contributed by atoms with van der Waals surface area (Å²) in [6.45, 7) is 3.29. The highest BCUT2D eigenvalue weighted by Crippen LogP contribution is 2.33. The summed E-state index contributed by atoms with van der Waals surface area (Å²) in [6, 6.07) is 8.84. The molecule has 0 radical (unpaired) electrons. The van der Waals surface area contributed by atoms with Crippen LogP contribution in [0.25, 0.3) is 11.3 Å². The van der Waals surface area contributed by atoms with E-state index in [2.05, 4.69) is 52.4 Å². The standard InChI is InChI=1S/C15H17BrN2S/c1-10-14(11-5-4-6-12(16)9-11)18-15(19-10)13-7-2-3-8-17-13/h4-6,9,13,17H,2-3,7-8H2,1H3. The third kappa shape index (κ3) is 2.91. The number of nitrogens with zero attached hydrogens (tertiary/aromatic N) is 1. The molecule has 4 heteroatoms. The third-order valence-electron chi connectivity index (χ3n) is 3.52. The van der Waals surface area contributed by atoms with E-state index in [1.165, 1.54) is 34.7 Å². The Labute approximate surface area is 126 Å². The van der Waals surface area contributed by atoms with E-state index in [-0.39, 0.29) is 0 Å². The Morgan fingerprint density at radius 1 is 1.37 bits per heavy atom. The largest absolute Gasteiger partial charge is 0.308 e. The van der Waals surface area contributed by atoms with Gasteiger partial charge >= 0.3 is 0 Å². The first-order valence-corrected chi connectivity index (χ1v) is 8.31. The first kappa shape index (κ1) is 13.3. The Bertz CT molecular complexity index is 573. The van der Waals surface area contributed by atoms with Gasteiger partial charge in [0.25, 0.3) is 0 Å². The summed E-state index contributed by atoms with van der Waals surface area (Å²) in [6.07, 6.45) is 3.81. The van der Waals surface area contributed by atoms with Gasteiger partial charge in [-0.25, -0.2) is 4.98 Å². The number of piperidine rings is 1. The van der Waals surface area contributed by atoms with Crippen molar-refractivity contribution < 1.29 is 0 Å². The normalized spacial score (nSPS) is 19.6. The Balaban J connectivity index is 1.92. The predicted octanol–water partition coefficient (Wildman–Crippen LogP) is 4.70. The molecule has 2 nitrogen and oxygen atoms in total. The highest BCUT2D eigenvalue weighted by atomic mass is 79.9. The second kappa shape index (κ2) is 5.73. The topological polar surface area (TPSA) is 24.9 Å². The Kier molecular flexibility index (Phi) is 4.01. The number of rotatable bonds is 2. The quantitative estimate of drug-likeness (QED) is 0.859. The fourth-order valence-electron chi connectivity index (χ4n) is 2.53. The van der Waals surface area contributed by atoms with E-state index in [9.17, 15) is 0 Å². The molecule has 1 aromatic carbocycles. The second-order valence-corrected chi connectivity index (χ2v) is 7.12. The molecular formula is C15H17BrN2S. The lowest BCUT2D eigenvalue weighted by Crippen LogP contribution is -2.26. The second-order valence-electron chi connectivity index (χ2n) is 4.97. The van der Waals surface area contributed by atoms with Gasteiger partial charge in [-0.05, 0) is 38.4 Å². The summed E-state index contributed by atoms with van der Waals surface area (Å²) < 4.78 is 1.11. The molecule has 0 bridgehead atoms. The van der Waals surface area contributed by atoms with Crippen molar-refractivity contribution >= 4 is 27.3 Å². The summed E-state index contributed by atoms with van der Waals surface area (Å²) in [5.41, 5.74) is 2.33. The van der Waals surface area contributed by atoms with Gasteiger partial charge in [-0.1, -0.05) is 34.5 Å². The SMILES string of the molecule is Cc1sc(C2CCCCN2)nc1-c1cccc(Br)c1. The summed E-state index contributed by atoms with van der Waals surface area (Å²) >= 11 is 5.36. The van der Waals surface area contributed by atoms with Gasteiger partial charge in [-0.3, -0.25) is 0 Å². The zero-order valence-corrected chi connectivity index (χ0v) is 13.4. The minimum atomic E-state index is 0.457. The maximum atomic E-state index is 4.88. The zero-order chi connectivity index (χ0) is 13.2. The molecule has 0 amide bonds. The number of halogens is 1. The van der Waals surface area contributed by atoms with Crippen LogP contribution in [0.15, 0.2) is 28.7 Å². The van der Waals surface area contributed by atoms with Crippen LogP contribution in [-0.2, 0) is 0 Å². The fraction of sp³-hybridized carbons (Fsp3) is 0.400. The van der Waals surface area contributed by atoms with Crippen LogP contribution in [-0.4, -0.2) is 11.5 Å². The molecule has 2 heterocycles. The number of benzene rings is 1. The van der Waals surface area contributed by atoms with Crippen LogP contribution in [0.2, 0.25) is 0 Å². The summed E-state index contributed by atoms with van der Waals surface area (Å²) in [5, 5.41) is 4.82. The number of aryl methyl sites for hydroxylation is 1. The smallest absolute Gasteiger partial charge is 0.111 e. The molecule has 2 aromatic rings. The monoisotopic (exact) mass is 336 g/mol. The molecule has 19 heavy (non-hydrogen) atoms. The van der Waals surface area contributed by atoms with Crippen LogP contribution >= 0.6 is 27.3 Å². The van der Waals surface area contributed by atoms with E-state index < -0.39 is 0 Å². The number of hydrogen-bond acceptors (Lipinski definition) is 3.